The highest BCUT2D eigenvalue weighted by Gasteiger charge is 2.32. The molecule has 2 aromatic rings. The van der Waals surface area contributed by atoms with Crippen molar-refractivity contribution in [2.24, 2.45) is 0 Å². The lowest BCUT2D eigenvalue weighted by Gasteiger charge is -2.28. The molecule has 0 radical (unpaired) electrons. The number of nitrogens with one attached hydrogen (secondary N) is 2. The molecule has 6 heteroatoms. The fraction of sp³-hybridized carbons (Fsp3) is 0.500. The molecular weight excluding hydrogens is 326 g/mol. The van der Waals surface area contributed by atoms with E-state index < -0.39 is 5.41 Å². The fourth-order valence-corrected chi connectivity index (χ4v) is 3.28. The highest BCUT2D eigenvalue weighted by molar-refractivity contribution is 6.31. The fourth-order valence-electron chi connectivity index (χ4n) is 3.11. The third-order valence-corrected chi connectivity index (χ3v) is 4.94. The van der Waals surface area contributed by atoms with E-state index in [1.807, 2.05) is 38.2 Å². The van der Waals surface area contributed by atoms with Gasteiger partial charge in [0.1, 0.15) is 0 Å². The molecule has 1 aliphatic heterocycles. The summed E-state index contributed by atoms with van der Waals surface area (Å²) in [5, 5.41) is 4.74. The molecule has 3 rings (SSSR count). The van der Waals surface area contributed by atoms with E-state index in [0.717, 1.165) is 49.3 Å². The number of hydrogen-bond donors (Lipinski definition) is 2. The van der Waals surface area contributed by atoms with Gasteiger partial charge >= 0.3 is 0 Å². The molecule has 0 bridgehead atoms. The summed E-state index contributed by atoms with van der Waals surface area (Å²) < 4.78 is 5.34. The molecule has 1 fully saturated rings. The van der Waals surface area contributed by atoms with Gasteiger partial charge in [0.2, 0.25) is 5.91 Å². The molecule has 1 saturated heterocycles. The van der Waals surface area contributed by atoms with Gasteiger partial charge in [-0.05, 0) is 37.6 Å². The smallest absolute Gasteiger partial charge is 0.230 e. The minimum atomic E-state index is -0.631. The van der Waals surface area contributed by atoms with Gasteiger partial charge in [0.05, 0.1) is 18.6 Å². The van der Waals surface area contributed by atoms with Crippen molar-refractivity contribution in [1.82, 2.24) is 15.2 Å². The number of aromatic amines is 1. The molecule has 130 valence electrons. The van der Waals surface area contributed by atoms with Gasteiger partial charge in [-0.2, -0.15) is 0 Å². The molecule has 2 N–H and O–H groups in total. The van der Waals surface area contributed by atoms with Crippen molar-refractivity contribution in [1.29, 1.82) is 0 Å². The quantitative estimate of drug-likeness (QED) is 0.872. The molecule has 5 nitrogen and oxygen atoms in total. The van der Waals surface area contributed by atoms with Crippen molar-refractivity contribution in [3.05, 3.63) is 35.0 Å². The Kier molecular flexibility index (Phi) is 5.13. The first-order chi connectivity index (χ1) is 11.5. The zero-order valence-electron chi connectivity index (χ0n) is 14.2. The zero-order chi connectivity index (χ0) is 17.2. The number of aromatic nitrogens is 1. The van der Waals surface area contributed by atoms with Crippen molar-refractivity contribution >= 4 is 28.4 Å². The van der Waals surface area contributed by atoms with Gasteiger partial charge in [0.15, 0.2) is 0 Å². The average molecular weight is 350 g/mol. The second-order valence-corrected chi connectivity index (χ2v) is 7.16. The number of morpholine rings is 1. The van der Waals surface area contributed by atoms with Gasteiger partial charge in [-0.1, -0.05) is 11.6 Å². The van der Waals surface area contributed by atoms with Gasteiger partial charge in [0.25, 0.3) is 0 Å². The lowest BCUT2D eigenvalue weighted by Crippen LogP contribution is -2.45. The lowest BCUT2D eigenvalue weighted by molar-refractivity contribution is -0.125. The first kappa shape index (κ1) is 17.3. The van der Waals surface area contributed by atoms with Crippen LogP contribution in [0.25, 0.3) is 10.9 Å². The van der Waals surface area contributed by atoms with E-state index >= 15 is 0 Å². The monoisotopic (exact) mass is 349 g/mol. The second kappa shape index (κ2) is 7.13. The molecule has 0 unspecified atom stereocenters. The van der Waals surface area contributed by atoms with E-state index in [-0.39, 0.29) is 5.91 Å². The number of nitrogens with zero attached hydrogens (tertiary/aromatic N) is 1. The summed E-state index contributed by atoms with van der Waals surface area (Å²) in [5.74, 6) is 0.0247. The molecular formula is C18H24ClN3O2. The van der Waals surface area contributed by atoms with Crippen molar-refractivity contribution in [2.75, 3.05) is 39.4 Å². The normalized spacial score (nSPS) is 16.5. The van der Waals surface area contributed by atoms with Crippen molar-refractivity contribution in [3.63, 3.8) is 0 Å². The summed E-state index contributed by atoms with van der Waals surface area (Å²) in [4.78, 5) is 18.3. The first-order valence-electron chi connectivity index (χ1n) is 8.34. The largest absolute Gasteiger partial charge is 0.379 e. The van der Waals surface area contributed by atoms with Crippen LogP contribution in [0.4, 0.5) is 0 Å². The maximum absolute atomic E-state index is 12.7. The SMILES string of the molecule is CC(C)(C(=O)NCCN1CCOCC1)c1c[nH]c2ccc(Cl)cc12. The summed E-state index contributed by atoms with van der Waals surface area (Å²) in [6.07, 6.45) is 1.91. The first-order valence-corrected chi connectivity index (χ1v) is 8.72. The number of benzene rings is 1. The van der Waals surface area contributed by atoms with E-state index in [1.165, 1.54) is 0 Å². The van der Waals surface area contributed by atoms with Crippen LogP contribution in [0.1, 0.15) is 19.4 Å². The molecule has 0 aliphatic carbocycles. The number of carbonyl (C=O) groups excluding carboxylic acids is 1. The van der Waals surface area contributed by atoms with Crippen molar-refractivity contribution in [3.8, 4) is 0 Å². The molecule has 0 atom stereocenters. The summed E-state index contributed by atoms with van der Waals surface area (Å²) in [7, 11) is 0. The van der Waals surface area contributed by atoms with Crippen LogP contribution in [0.5, 0.6) is 0 Å². The summed E-state index contributed by atoms with van der Waals surface area (Å²) in [5.41, 5.74) is 1.32. The van der Waals surface area contributed by atoms with Gasteiger partial charge in [0, 0.05) is 48.3 Å². The number of H-pyrrole nitrogens is 1. The minimum Gasteiger partial charge on any atom is -0.379 e. The highest BCUT2D eigenvalue weighted by Crippen LogP contribution is 2.32. The maximum atomic E-state index is 12.7. The minimum absolute atomic E-state index is 0.0247. The van der Waals surface area contributed by atoms with Crippen LogP contribution >= 0.6 is 11.6 Å². The van der Waals surface area contributed by atoms with Crippen molar-refractivity contribution < 1.29 is 9.53 Å². The van der Waals surface area contributed by atoms with Crippen LogP contribution in [-0.4, -0.2) is 55.2 Å². The zero-order valence-corrected chi connectivity index (χ0v) is 14.9. The standard InChI is InChI=1S/C18H24ClN3O2/c1-18(2,15-12-21-16-4-3-13(19)11-14(15)16)17(23)20-5-6-22-7-9-24-10-8-22/h3-4,11-12,21H,5-10H2,1-2H3,(H,20,23). The topological polar surface area (TPSA) is 57.4 Å². The third kappa shape index (κ3) is 3.58. The van der Waals surface area contributed by atoms with Crippen LogP contribution in [-0.2, 0) is 14.9 Å². The Morgan fingerprint density at radius 1 is 1.38 bits per heavy atom. The summed E-state index contributed by atoms with van der Waals surface area (Å²) in [6, 6.07) is 5.69. The Hall–Kier alpha value is -1.56. The number of amides is 1. The number of ether oxygens (including phenoxy) is 1. The van der Waals surface area contributed by atoms with Crippen LogP contribution in [0.3, 0.4) is 0 Å². The van der Waals surface area contributed by atoms with Crippen molar-refractivity contribution in [2.45, 2.75) is 19.3 Å². The second-order valence-electron chi connectivity index (χ2n) is 6.73. The molecule has 0 saturated carbocycles. The molecule has 1 aliphatic rings. The number of fused-ring (bicyclic) bond motifs is 1. The Morgan fingerprint density at radius 2 is 2.12 bits per heavy atom. The molecule has 1 amide bonds. The van der Waals surface area contributed by atoms with Gasteiger partial charge in [-0.25, -0.2) is 0 Å². The number of hydrogen-bond acceptors (Lipinski definition) is 3. The van der Waals surface area contributed by atoms with Gasteiger partial charge in [-0.3, -0.25) is 9.69 Å². The number of rotatable bonds is 5. The maximum Gasteiger partial charge on any atom is 0.230 e. The van der Waals surface area contributed by atoms with Crippen LogP contribution in [0.15, 0.2) is 24.4 Å². The molecule has 2 heterocycles. The molecule has 1 aromatic carbocycles. The van der Waals surface area contributed by atoms with E-state index in [2.05, 4.69) is 15.2 Å². The average Bonchev–Trinajstić information content (AvgIpc) is 2.99. The van der Waals surface area contributed by atoms with E-state index in [4.69, 9.17) is 16.3 Å². The Labute approximate surface area is 147 Å². The molecule has 1 aromatic heterocycles. The van der Waals surface area contributed by atoms with E-state index in [0.29, 0.717) is 11.6 Å². The van der Waals surface area contributed by atoms with Crippen LogP contribution in [0.2, 0.25) is 5.02 Å². The van der Waals surface area contributed by atoms with Gasteiger partial charge < -0.3 is 15.0 Å². The van der Waals surface area contributed by atoms with E-state index in [9.17, 15) is 4.79 Å². The molecule has 0 spiro atoms. The van der Waals surface area contributed by atoms with Crippen LogP contribution < -0.4 is 5.32 Å². The third-order valence-electron chi connectivity index (χ3n) is 4.70. The summed E-state index contributed by atoms with van der Waals surface area (Å²) >= 11 is 6.12. The lowest BCUT2D eigenvalue weighted by atomic mass is 9.83. The van der Waals surface area contributed by atoms with E-state index in [1.54, 1.807) is 0 Å². The number of halogens is 1. The molecule has 24 heavy (non-hydrogen) atoms. The highest BCUT2D eigenvalue weighted by atomic mass is 35.5. The summed E-state index contributed by atoms with van der Waals surface area (Å²) in [6.45, 7) is 8.79. The predicted octanol–water partition coefficient (Wildman–Crippen LogP) is 2.55. The van der Waals surface area contributed by atoms with Crippen LogP contribution in [0, 0.1) is 0 Å². The number of carbonyl (C=O) groups is 1. The Balaban J connectivity index is 1.66. The predicted molar refractivity (Wildman–Crippen MR) is 96.6 cm³/mol. The Bertz CT molecular complexity index is 720. The Morgan fingerprint density at radius 3 is 2.88 bits per heavy atom. The van der Waals surface area contributed by atoms with Gasteiger partial charge in [-0.15, -0.1) is 0 Å².